The van der Waals surface area contributed by atoms with Crippen molar-refractivity contribution in [1.29, 1.82) is 0 Å². The number of ether oxygens (including phenoxy) is 1. The standard InChI is InChI=1S/C10H17NO2S/c1-8-3-4-10(14-8)6-11-5-9(12)7-13-2/h3-4,9,11-12H,5-7H2,1-2H3. The van der Waals surface area contributed by atoms with Crippen molar-refractivity contribution in [1.82, 2.24) is 5.32 Å². The molecule has 1 aromatic heterocycles. The van der Waals surface area contributed by atoms with E-state index in [4.69, 9.17) is 4.74 Å². The lowest BCUT2D eigenvalue weighted by atomic mass is 10.3. The van der Waals surface area contributed by atoms with Gasteiger partial charge in [-0.15, -0.1) is 11.3 Å². The summed E-state index contributed by atoms with van der Waals surface area (Å²) in [5, 5.41) is 12.5. The maximum absolute atomic E-state index is 9.35. The highest BCUT2D eigenvalue weighted by molar-refractivity contribution is 7.11. The van der Waals surface area contributed by atoms with Crippen molar-refractivity contribution >= 4 is 11.3 Å². The van der Waals surface area contributed by atoms with Crippen LogP contribution in [0, 0.1) is 6.92 Å². The summed E-state index contributed by atoms with van der Waals surface area (Å²) in [6.07, 6.45) is -0.416. The van der Waals surface area contributed by atoms with Crippen LogP contribution in [-0.2, 0) is 11.3 Å². The lowest BCUT2D eigenvalue weighted by Crippen LogP contribution is -2.29. The fourth-order valence-corrected chi connectivity index (χ4v) is 2.05. The maximum Gasteiger partial charge on any atom is 0.0897 e. The molecule has 0 aromatic carbocycles. The predicted molar refractivity (Wildman–Crippen MR) is 58.6 cm³/mol. The highest BCUT2D eigenvalue weighted by Gasteiger charge is 2.02. The monoisotopic (exact) mass is 215 g/mol. The Morgan fingerprint density at radius 2 is 2.36 bits per heavy atom. The zero-order valence-electron chi connectivity index (χ0n) is 8.62. The molecule has 14 heavy (non-hydrogen) atoms. The predicted octanol–water partition coefficient (Wildman–Crippen LogP) is 1.15. The maximum atomic E-state index is 9.35. The first-order chi connectivity index (χ1) is 6.72. The average Bonchev–Trinajstić information content (AvgIpc) is 2.52. The lowest BCUT2D eigenvalue weighted by Gasteiger charge is -2.09. The van der Waals surface area contributed by atoms with E-state index in [9.17, 15) is 5.11 Å². The van der Waals surface area contributed by atoms with Crippen LogP contribution in [0.15, 0.2) is 12.1 Å². The van der Waals surface area contributed by atoms with E-state index in [0.717, 1.165) is 6.54 Å². The summed E-state index contributed by atoms with van der Waals surface area (Å²) >= 11 is 1.78. The molecule has 3 nitrogen and oxygen atoms in total. The third kappa shape index (κ3) is 4.19. The largest absolute Gasteiger partial charge is 0.389 e. The molecule has 0 aliphatic rings. The molecule has 0 bridgehead atoms. The molecular weight excluding hydrogens is 198 g/mol. The van der Waals surface area contributed by atoms with Gasteiger partial charge in [-0.2, -0.15) is 0 Å². The lowest BCUT2D eigenvalue weighted by molar-refractivity contribution is 0.0644. The van der Waals surface area contributed by atoms with E-state index < -0.39 is 6.10 Å². The number of rotatable bonds is 6. The fraction of sp³-hybridized carbons (Fsp3) is 0.600. The topological polar surface area (TPSA) is 41.5 Å². The van der Waals surface area contributed by atoms with Gasteiger partial charge >= 0.3 is 0 Å². The molecule has 4 heteroatoms. The van der Waals surface area contributed by atoms with Crippen molar-refractivity contribution in [3.63, 3.8) is 0 Å². The molecule has 0 radical (unpaired) electrons. The van der Waals surface area contributed by atoms with Gasteiger partial charge in [-0.05, 0) is 19.1 Å². The quantitative estimate of drug-likeness (QED) is 0.748. The van der Waals surface area contributed by atoms with Crippen LogP contribution in [0.1, 0.15) is 9.75 Å². The summed E-state index contributed by atoms with van der Waals surface area (Å²) in [5.41, 5.74) is 0. The van der Waals surface area contributed by atoms with Crippen LogP contribution in [0.3, 0.4) is 0 Å². The second-order valence-electron chi connectivity index (χ2n) is 3.25. The fourth-order valence-electron chi connectivity index (χ4n) is 1.19. The minimum absolute atomic E-state index is 0.385. The Balaban J connectivity index is 2.15. The number of hydrogen-bond acceptors (Lipinski definition) is 4. The van der Waals surface area contributed by atoms with E-state index in [0.29, 0.717) is 13.2 Å². The van der Waals surface area contributed by atoms with Gasteiger partial charge in [-0.25, -0.2) is 0 Å². The van der Waals surface area contributed by atoms with E-state index in [-0.39, 0.29) is 0 Å². The van der Waals surface area contributed by atoms with Crippen molar-refractivity contribution < 1.29 is 9.84 Å². The van der Waals surface area contributed by atoms with Gasteiger partial charge in [0.1, 0.15) is 0 Å². The molecule has 0 aliphatic heterocycles. The van der Waals surface area contributed by atoms with Crippen molar-refractivity contribution in [3.8, 4) is 0 Å². The highest BCUT2D eigenvalue weighted by atomic mass is 32.1. The Labute approximate surface area is 88.7 Å². The Hall–Kier alpha value is -0.420. The molecule has 1 rings (SSSR count). The minimum Gasteiger partial charge on any atom is -0.389 e. The number of aliphatic hydroxyl groups is 1. The molecule has 0 saturated heterocycles. The average molecular weight is 215 g/mol. The van der Waals surface area contributed by atoms with Crippen molar-refractivity contribution in [2.24, 2.45) is 0 Å². The Kier molecular flexibility index (Phi) is 5.11. The molecular formula is C10H17NO2S. The SMILES string of the molecule is COCC(O)CNCc1ccc(C)s1. The normalized spacial score (nSPS) is 13.1. The summed E-state index contributed by atoms with van der Waals surface area (Å²) in [6.45, 7) is 3.87. The number of aliphatic hydroxyl groups excluding tert-OH is 1. The van der Waals surface area contributed by atoms with Crippen molar-refractivity contribution in [3.05, 3.63) is 21.9 Å². The van der Waals surface area contributed by atoms with Gasteiger partial charge in [0.15, 0.2) is 0 Å². The van der Waals surface area contributed by atoms with Crippen LogP contribution >= 0.6 is 11.3 Å². The molecule has 1 heterocycles. The van der Waals surface area contributed by atoms with Gasteiger partial charge in [0.25, 0.3) is 0 Å². The Bertz CT molecular complexity index is 262. The first-order valence-corrected chi connectivity index (χ1v) is 5.47. The number of nitrogens with one attached hydrogen (secondary N) is 1. The molecule has 0 amide bonds. The van der Waals surface area contributed by atoms with Gasteiger partial charge in [0.2, 0.25) is 0 Å². The van der Waals surface area contributed by atoms with Gasteiger partial charge in [-0.1, -0.05) is 0 Å². The van der Waals surface area contributed by atoms with Gasteiger partial charge < -0.3 is 15.2 Å². The van der Waals surface area contributed by atoms with Crippen molar-refractivity contribution in [2.75, 3.05) is 20.3 Å². The smallest absolute Gasteiger partial charge is 0.0897 e. The second-order valence-corrected chi connectivity index (χ2v) is 4.62. The van der Waals surface area contributed by atoms with Gasteiger partial charge in [-0.3, -0.25) is 0 Å². The summed E-state index contributed by atoms with van der Waals surface area (Å²) in [7, 11) is 1.59. The number of hydrogen-bond donors (Lipinski definition) is 2. The molecule has 0 saturated carbocycles. The summed E-state index contributed by atoms with van der Waals surface area (Å²) in [4.78, 5) is 2.62. The second kappa shape index (κ2) is 6.14. The van der Waals surface area contributed by atoms with Crippen molar-refractivity contribution in [2.45, 2.75) is 19.6 Å². The molecule has 80 valence electrons. The molecule has 0 spiro atoms. The zero-order valence-corrected chi connectivity index (χ0v) is 9.43. The van der Waals surface area contributed by atoms with E-state index in [2.05, 4.69) is 24.4 Å². The number of aryl methyl sites for hydroxylation is 1. The summed E-state index contributed by atoms with van der Waals surface area (Å²) in [6, 6.07) is 4.21. The Morgan fingerprint density at radius 3 is 2.93 bits per heavy atom. The van der Waals surface area contributed by atoms with E-state index in [1.165, 1.54) is 9.75 Å². The molecule has 1 aromatic rings. The zero-order chi connectivity index (χ0) is 10.4. The van der Waals surface area contributed by atoms with Crippen LogP contribution in [0.25, 0.3) is 0 Å². The number of methoxy groups -OCH3 is 1. The molecule has 0 fully saturated rings. The third-order valence-electron chi connectivity index (χ3n) is 1.83. The van der Waals surface area contributed by atoms with E-state index in [1.807, 2.05) is 0 Å². The first kappa shape index (κ1) is 11.7. The first-order valence-electron chi connectivity index (χ1n) is 4.65. The van der Waals surface area contributed by atoms with Gasteiger partial charge in [0, 0.05) is 30.0 Å². The van der Waals surface area contributed by atoms with Crippen LogP contribution in [0.2, 0.25) is 0 Å². The molecule has 2 N–H and O–H groups in total. The molecule has 1 unspecified atom stereocenters. The third-order valence-corrected chi connectivity index (χ3v) is 2.83. The van der Waals surface area contributed by atoms with Crippen LogP contribution in [0.4, 0.5) is 0 Å². The van der Waals surface area contributed by atoms with Crippen LogP contribution < -0.4 is 5.32 Å². The summed E-state index contributed by atoms with van der Waals surface area (Å²) in [5.74, 6) is 0. The van der Waals surface area contributed by atoms with E-state index in [1.54, 1.807) is 18.4 Å². The van der Waals surface area contributed by atoms with Gasteiger partial charge in [0.05, 0.1) is 12.7 Å². The van der Waals surface area contributed by atoms with E-state index >= 15 is 0 Å². The Morgan fingerprint density at radius 1 is 1.57 bits per heavy atom. The molecule has 0 aliphatic carbocycles. The van der Waals surface area contributed by atoms with Crippen LogP contribution in [-0.4, -0.2) is 31.5 Å². The van der Waals surface area contributed by atoms with Crippen LogP contribution in [0.5, 0.6) is 0 Å². The summed E-state index contributed by atoms with van der Waals surface area (Å²) < 4.78 is 4.82. The molecule has 1 atom stereocenters. The number of thiophene rings is 1. The highest BCUT2D eigenvalue weighted by Crippen LogP contribution is 2.14. The minimum atomic E-state index is -0.416.